The second kappa shape index (κ2) is 6.48. The van der Waals surface area contributed by atoms with Gasteiger partial charge in [0.1, 0.15) is 5.82 Å². The van der Waals surface area contributed by atoms with Gasteiger partial charge in [-0.25, -0.2) is 9.37 Å². The van der Waals surface area contributed by atoms with E-state index < -0.39 is 0 Å². The van der Waals surface area contributed by atoms with Crippen LogP contribution < -0.4 is 0 Å². The lowest BCUT2D eigenvalue weighted by Crippen LogP contribution is -2.39. The molecule has 25 heavy (non-hydrogen) atoms. The first-order chi connectivity index (χ1) is 12.1. The molecular weight excluding hydrogens is 341 g/mol. The number of nitrogens with zero attached hydrogens (tertiary/aromatic N) is 3. The number of rotatable bonds is 2. The standard InChI is InChI=1S/C19H17ClFN3O/c20-14-3-1-13(2-4-14)19(25)23-9-7-16(8-10-23)24-12-22-17-11-15(21)5-6-18(17)24/h1-6,11-12,16H,7-10H2. The van der Waals surface area contributed by atoms with Crippen LogP contribution >= 0.6 is 11.6 Å². The molecule has 1 aliphatic heterocycles. The van der Waals surface area contributed by atoms with Gasteiger partial charge >= 0.3 is 0 Å². The average Bonchev–Trinajstić information content (AvgIpc) is 3.05. The molecule has 6 heteroatoms. The molecule has 0 spiro atoms. The van der Waals surface area contributed by atoms with Gasteiger partial charge < -0.3 is 9.47 Å². The fraction of sp³-hybridized carbons (Fsp3) is 0.263. The Bertz CT molecular complexity index is 914. The van der Waals surface area contributed by atoms with Gasteiger partial charge in [0, 0.05) is 35.8 Å². The summed E-state index contributed by atoms with van der Waals surface area (Å²) < 4.78 is 15.4. The van der Waals surface area contributed by atoms with Crippen LogP contribution in [0.2, 0.25) is 5.02 Å². The fourth-order valence-electron chi connectivity index (χ4n) is 3.42. The van der Waals surface area contributed by atoms with Gasteiger partial charge in [0.05, 0.1) is 17.4 Å². The van der Waals surface area contributed by atoms with E-state index in [1.165, 1.54) is 12.1 Å². The van der Waals surface area contributed by atoms with Crippen molar-refractivity contribution in [2.24, 2.45) is 0 Å². The van der Waals surface area contributed by atoms with Crippen LogP contribution in [0.4, 0.5) is 4.39 Å². The average molecular weight is 358 g/mol. The lowest BCUT2D eigenvalue weighted by atomic mass is 10.0. The minimum absolute atomic E-state index is 0.0349. The quantitative estimate of drug-likeness (QED) is 0.685. The SMILES string of the molecule is O=C(c1ccc(Cl)cc1)N1CCC(n2cnc3cc(F)ccc32)CC1. The van der Waals surface area contributed by atoms with Gasteiger partial charge in [-0.15, -0.1) is 0 Å². The van der Waals surface area contributed by atoms with E-state index in [-0.39, 0.29) is 17.8 Å². The highest BCUT2D eigenvalue weighted by atomic mass is 35.5. The Balaban J connectivity index is 1.47. The summed E-state index contributed by atoms with van der Waals surface area (Å²) in [5, 5.41) is 0.624. The molecule has 1 aliphatic rings. The van der Waals surface area contributed by atoms with Crippen LogP contribution in [0.25, 0.3) is 11.0 Å². The molecule has 2 aromatic carbocycles. The highest BCUT2D eigenvalue weighted by Gasteiger charge is 2.25. The van der Waals surface area contributed by atoms with E-state index >= 15 is 0 Å². The van der Waals surface area contributed by atoms with E-state index in [1.807, 2.05) is 4.90 Å². The van der Waals surface area contributed by atoms with Crippen molar-refractivity contribution in [3.8, 4) is 0 Å². The molecule has 1 aromatic heterocycles. The number of likely N-dealkylation sites (tertiary alicyclic amines) is 1. The van der Waals surface area contributed by atoms with Crippen LogP contribution in [0.15, 0.2) is 48.8 Å². The minimum Gasteiger partial charge on any atom is -0.338 e. The summed E-state index contributed by atoms with van der Waals surface area (Å²) in [6, 6.07) is 11.9. The summed E-state index contributed by atoms with van der Waals surface area (Å²) in [4.78, 5) is 18.7. The largest absolute Gasteiger partial charge is 0.338 e. The first kappa shape index (κ1) is 16.1. The molecule has 1 saturated heterocycles. The number of amides is 1. The van der Waals surface area contributed by atoms with Crippen molar-refractivity contribution in [1.82, 2.24) is 14.5 Å². The van der Waals surface area contributed by atoms with Crippen LogP contribution in [0.5, 0.6) is 0 Å². The molecule has 3 aromatic rings. The van der Waals surface area contributed by atoms with Crippen LogP contribution in [0, 0.1) is 5.82 Å². The predicted molar refractivity (Wildman–Crippen MR) is 95.3 cm³/mol. The molecule has 0 unspecified atom stereocenters. The zero-order valence-electron chi connectivity index (χ0n) is 13.5. The van der Waals surface area contributed by atoms with Crippen molar-refractivity contribution < 1.29 is 9.18 Å². The van der Waals surface area contributed by atoms with E-state index in [9.17, 15) is 9.18 Å². The number of carbonyl (C=O) groups excluding carboxylic acids is 1. The molecule has 1 amide bonds. The minimum atomic E-state index is -0.277. The molecule has 4 nitrogen and oxygen atoms in total. The Morgan fingerprint density at radius 1 is 1.12 bits per heavy atom. The molecule has 2 heterocycles. The van der Waals surface area contributed by atoms with Crippen LogP contribution in [-0.4, -0.2) is 33.4 Å². The number of piperidine rings is 1. The number of imidazole rings is 1. The molecule has 0 atom stereocenters. The topological polar surface area (TPSA) is 38.1 Å². The molecule has 0 saturated carbocycles. The monoisotopic (exact) mass is 357 g/mol. The Morgan fingerprint density at radius 2 is 1.84 bits per heavy atom. The molecule has 0 N–H and O–H groups in total. The zero-order valence-corrected chi connectivity index (χ0v) is 14.3. The van der Waals surface area contributed by atoms with E-state index in [0.717, 1.165) is 18.4 Å². The maximum atomic E-state index is 13.3. The van der Waals surface area contributed by atoms with Gasteiger partial charge in [-0.3, -0.25) is 4.79 Å². The third-order valence-corrected chi connectivity index (χ3v) is 5.03. The third kappa shape index (κ3) is 3.12. The first-order valence-electron chi connectivity index (χ1n) is 8.29. The number of benzene rings is 2. The smallest absolute Gasteiger partial charge is 0.253 e. The number of halogens is 2. The third-order valence-electron chi connectivity index (χ3n) is 4.77. The normalized spacial score (nSPS) is 15.7. The first-order valence-corrected chi connectivity index (χ1v) is 8.66. The highest BCUT2D eigenvalue weighted by molar-refractivity contribution is 6.30. The zero-order chi connectivity index (χ0) is 17.4. The number of hydrogen-bond donors (Lipinski definition) is 0. The summed E-state index contributed by atoms with van der Waals surface area (Å²) in [6.45, 7) is 1.37. The van der Waals surface area contributed by atoms with Gasteiger partial charge in [-0.05, 0) is 49.2 Å². The van der Waals surface area contributed by atoms with Crippen molar-refractivity contribution in [2.75, 3.05) is 13.1 Å². The van der Waals surface area contributed by atoms with E-state index in [4.69, 9.17) is 11.6 Å². The van der Waals surface area contributed by atoms with Crippen molar-refractivity contribution in [1.29, 1.82) is 0 Å². The molecule has 4 rings (SSSR count). The molecule has 128 valence electrons. The van der Waals surface area contributed by atoms with Gasteiger partial charge in [0.15, 0.2) is 0 Å². The van der Waals surface area contributed by atoms with E-state index in [0.29, 0.717) is 29.2 Å². The Hall–Kier alpha value is -2.40. The summed E-state index contributed by atoms with van der Waals surface area (Å²) in [5.74, 6) is -0.242. The van der Waals surface area contributed by atoms with Crippen LogP contribution in [0.3, 0.4) is 0 Å². The second-order valence-corrected chi connectivity index (χ2v) is 6.75. The molecule has 0 aliphatic carbocycles. The van der Waals surface area contributed by atoms with Crippen LogP contribution in [0.1, 0.15) is 29.2 Å². The van der Waals surface area contributed by atoms with Gasteiger partial charge in [0.2, 0.25) is 0 Å². The van der Waals surface area contributed by atoms with Crippen LogP contribution in [-0.2, 0) is 0 Å². The summed E-state index contributed by atoms with van der Waals surface area (Å²) in [7, 11) is 0. The van der Waals surface area contributed by atoms with Crippen molar-refractivity contribution in [3.63, 3.8) is 0 Å². The number of fused-ring (bicyclic) bond motifs is 1. The Labute approximate surface area is 149 Å². The Morgan fingerprint density at radius 3 is 2.56 bits per heavy atom. The van der Waals surface area contributed by atoms with Crippen molar-refractivity contribution in [3.05, 3.63) is 65.2 Å². The van der Waals surface area contributed by atoms with Crippen molar-refractivity contribution >= 4 is 28.5 Å². The molecule has 1 fully saturated rings. The maximum absolute atomic E-state index is 13.3. The number of carbonyl (C=O) groups is 1. The predicted octanol–water partition coefficient (Wildman–Crippen LogP) is 4.31. The van der Waals surface area contributed by atoms with Crippen molar-refractivity contribution in [2.45, 2.75) is 18.9 Å². The maximum Gasteiger partial charge on any atom is 0.253 e. The van der Waals surface area contributed by atoms with Gasteiger partial charge in [0.25, 0.3) is 5.91 Å². The summed E-state index contributed by atoms with van der Waals surface area (Å²) in [5.41, 5.74) is 2.26. The summed E-state index contributed by atoms with van der Waals surface area (Å²) in [6.07, 6.45) is 3.47. The second-order valence-electron chi connectivity index (χ2n) is 6.32. The fourth-order valence-corrected chi connectivity index (χ4v) is 3.54. The summed E-state index contributed by atoms with van der Waals surface area (Å²) >= 11 is 5.88. The van der Waals surface area contributed by atoms with Gasteiger partial charge in [-0.2, -0.15) is 0 Å². The lowest BCUT2D eigenvalue weighted by molar-refractivity contribution is 0.0696. The highest BCUT2D eigenvalue weighted by Crippen LogP contribution is 2.27. The van der Waals surface area contributed by atoms with E-state index in [1.54, 1.807) is 36.7 Å². The lowest BCUT2D eigenvalue weighted by Gasteiger charge is -2.33. The van der Waals surface area contributed by atoms with E-state index in [2.05, 4.69) is 9.55 Å². The molecular formula is C19H17ClFN3O. The number of hydrogen-bond acceptors (Lipinski definition) is 2. The number of aromatic nitrogens is 2. The molecule has 0 radical (unpaired) electrons. The van der Waals surface area contributed by atoms with Gasteiger partial charge in [-0.1, -0.05) is 11.6 Å². The molecule has 0 bridgehead atoms. The Kier molecular flexibility index (Phi) is 4.17.